The van der Waals surface area contributed by atoms with Crippen LogP contribution in [0.3, 0.4) is 0 Å². The third kappa shape index (κ3) is 3.62. The van der Waals surface area contributed by atoms with Crippen molar-refractivity contribution in [3.8, 4) is 11.5 Å². The van der Waals surface area contributed by atoms with Crippen molar-refractivity contribution in [2.75, 3.05) is 20.8 Å². The molecule has 0 radical (unpaired) electrons. The molecule has 1 atom stereocenters. The highest BCUT2D eigenvalue weighted by Gasteiger charge is 2.27. The molecular weight excluding hydrogens is 230 g/mol. The van der Waals surface area contributed by atoms with Gasteiger partial charge in [0, 0.05) is 24.2 Å². The van der Waals surface area contributed by atoms with Crippen LogP contribution in [0.1, 0.15) is 26.3 Å². The van der Waals surface area contributed by atoms with Crippen molar-refractivity contribution in [1.82, 2.24) is 5.32 Å². The number of methoxy groups -OCH3 is 2. The van der Waals surface area contributed by atoms with Gasteiger partial charge in [0.15, 0.2) is 0 Å². The first-order valence-electron chi connectivity index (χ1n) is 6.09. The summed E-state index contributed by atoms with van der Waals surface area (Å²) < 4.78 is 10.5. The van der Waals surface area contributed by atoms with Gasteiger partial charge in [-0.25, -0.2) is 0 Å². The van der Waals surface area contributed by atoms with E-state index in [1.54, 1.807) is 27.2 Å². The van der Waals surface area contributed by atoms with Gasteiger partial charge in [-0.2, -0.15) is 0 Å². The van der Waals surface area contributed by atoms with Gasteiger partial charge in [-0.05, 0) is 19.1 Å². The first kappa shape index (κ1) is 14.8. The summed E-state index contributed by atoms with van der Waals surface area (Å²) in [5, 5.41) is 13.8. The maximum Gasteiger partial charge on any atom is 0.128 e. The zero-order chi connectivity index (χ0) is 13.8. The summed E-state index contributed by atoms with van der Waals surface area (Å²) in [6, 6.07) is 5.75. The summed E-state index contributed by atoms with van der Waals surface area (Å²) in [7, 11) is 3.19. The third-order valence-electron chi connectivity index (χ3n) is 2.84. The van der Waals surface area contributed by atoms with Gasteiger partial charge in [-0.1, -0.05) is 13.8 Å². The number of ether oxygens (including phenoxy) is 2. The highest BCUT2D eigenvalue weighted by atomic mass is 16.5. The van der Waals surface area contributed by atoms with E-state index in [9.17, 15) is 5.11 Å². The van der Waals surface area contributed by atoms with Crippen LogP contribution in [0.2, 0.25) is 0 Å². The fourth-order valence-electron chi connectivity index (χ4n) is 1.74. The van der Waals surface area contributed by atoms with E-state index in [4.69, 9.17) is 9.47 Å². The molecule has 1 rings (SSSR count). The molecule has 0 aliphatic carbocycles. The average molecular weight is 253 g/mol. The van der Waals surface area contributed by atoms with E-state index in [-0.39, 0.29) is 0 Å². The minimum Gasteiger partial charge on any atom is -0.497 e. The number of rotatable bonds is 6. The SMILES string of the molecule is COc1ccc(C(C)(O)CNC(C)C)c(OC)c1. The molecule has 4 nitrogen and oxygen atoms in total. The normalized spacial score (nSPS) is 14.4. The highest BCUT2D eigenvalue weighted by Crippen LogP contribution is 2.32. The number of nitrogens with one attached hydrogen (secondary N) is 1. The molecule has 18 heavy (non-hydrogen) atoms. The van der Waals surface area contributed by atoms with Gasteiger partial charge in [-0.15, -0.1) is 0 Å². The molecule has 0 bridgehead atoms. The van der Waals surface area contributed by atoms with Crippen molar-refractivity contribution >= 4 is 0 Å². The summed E-state index contributed by atoms with van der Waals surface area (Å²) in [5.74, 6) is 1.34. The maximum absolute atomic E-state index is 10.5. The Balaban J connectivity index is 2.99. The van der Waals surface area contributed by atoms with Crippen LogP contribution in [-0.2, 0) is 5.60 Å². The molecule has 0 heterocycles. The molecule has 0 fully saturated rings. The second-order valence-corrected chi connectivity index (χ2v) is 4.88. The number of aliphatic hydroxyl groups is 1. The molecule has 0 saturated heterocycles. The van der Waals surface area contributed by atoms with Gasteiger partial charge >= 0.3 is 0 Å². The van der Waals surface area contributed by atoms with E-state index in [0.29, 0.717) is 24.1 Å². The fourth-order valence-corrected chi connectivity index (χ4v) is 1.74. The van der Waals surface area contributed by atoms with Gasteiger partial charge < -0.3 is 19.9 Å². The van der Waals surface area contributed by atoms with Gasteiger partial charge in [0.1, 0.15) is 17.1 Å². The molecule has 0 aliphatic rings. The Labute approximate surface area is 109 Å². The van der Waals surface area contributed by atoms with Crippen molar-refractivity contribution in [2.45, 2.75) is 32.4 Å². The molecule has 0 aromatic heterocycles. The van der Waals surface area contributed by atoms with Crippen LogP contribution in [0.25, 0.3) is 0 Å². The molecule has 4 heteroatoms. The predicted octanol–water partition coefficient (Wildman–Crippen LogP) is 1.91. The summed E-state index contributed by atoms with van der Waals surface area (Å²) in [6.45, 7) is 6.32. The molecule has 0 amide bonds. The molecule has 1 aromatic carbocycles. The Morgan fingerprint density at radius 1 is 1.28 bits per heavy atom. The standard InChI is InChI=1S/C14H23NO3/c1-10(2)15-9-14(3,16)12-7-6-11(17-4)8-13(12)18-5/h6-8,10,15-16H,9H2,1-5H3. The number of hydrogen-bond donors (Lipinski definition) is 2. The first-order chi connectivity index (χ1) is 8.40. The molecule has 1 aromatic rings. The van der Waals surface area contributed by atoms with E-state index < -0.39 is 5.60 Å². The first-order valence-corrected chi connectivity index (χ1v) is 6.09. The van der Waals surface area contributed by atoms with Gasteiger partial charge in [0.2, 0.25) is 0 Å². The lowest BCUT2D eigenvalue weighted by atomic mass is 9.94. The van der Waals surface area contributed by atoms with Gasteiger partial charge in [0.25, 0.3) is 0 Å². The van der Waals surface area contributed by atoms with Crippen LogP contribution >= 0.6 is 0 Å². The topological polar surface area (TPSA) is 50.7 Å². The van der Waals surface area contributed by atoms with Crippen LogP contribution in [0.5, 0.6) is 11.5 Å². The minimum atomic E-state index is -0.984. The second-order valence-electron chi connectivity index (χ2n) is 4.88. The Hall–Kier alpha value is -1.26. The largest absolute Gasteiger partial charge is 0.497 e. The van der Waals surface area contributed by atoms with Crippen molar-refractivity contribution in [3.63, 3.8) is 0 Å². The van der Waals surface area contributed by atoms with Crippen LogP contribution < -0.4 is 14.8 Å². The predicted molar refractivity (Wildman–Crippen MR) is 72.3 cm³/mol. The zero-order valence-corrected chi connectivity index (χ0v) is 11.8. The van der Waals surface area contributed by atoms with Crippen molar-refractivity contribution in [1.29, 1.82) is 0 Å². The molecule has 0 aliphatic heterocycles. The summed E-state index contributed by atoms with van der Waals surface area (Å²) >= 11 is 0. The zero-order valence-electron chi connectivity index (χ0n) is 11.8. The van der Waals surface area contributed by atoms with E-state index in [1.165, 1.54) is 0 Å². The van der Waals surface area contributed by atoms with E-state index in [0.717, 1.165) is 5.56 Å². The average Bonchev–Trinajstić information content (AvgIpc) is 2.35. The molecule has 0 spiro atoms. The smallest absolute Gasteiger partial charge is 0.128 e. The second kappa shape index (κ2) is 6.07. The quantitative estimate of drug-likeness (QED) is 0.813. The number of hydrogen-bond acceptors (Lipinski definition) is 4. The lowest BCUT2D eigenvalue weighted by Gasteiger charge is -2.27. The Morgan fingerprint density at radius 3 is 2.44 bits per heavy atom. The maximum atomic E-state index is 10.5. The molecule has 1 unspecified atom stereocenters. The van der Waals surface area contributed by atoms with Crippen LogP contribution in [0.4, 0.5) is 0 Å². The van der Waals surface area contributed by atoms with Crippen LogP contribution in [0, 0.1) is 0 Å². The van der Waals surface area contributed by atoms with E-state index in [2.05, 4.69) is 5.32 Å². The Kier molecular flexibility index (Phi) is 4.99. The van der Waals surface area contributed by atoms with E-state index in [1.807, 2.05) is 26.0 Å². The Morgan fingerprint density at radius 2 is 1.94 bits per heavy atom. The molecule has 102 valence electrons. The Bertz CT molecular complexity index is 389. The van der Waals surface area contributed by atoms with Crippen LogP contribution in [-0.4, -0.2) is 31.9 Å². The molecular formula is C14H23NO3. The highest BCUT2D eigenvalue weighted by molar-refractivity contribution is 5.43. The fraction of sp³-hybridized carbons (Fsp3) is 0.571. The van der Waals surface area contributed by atoms with Gasteiger partial charge in [-0.3, -0.25) is 0 Å². The lowest BCUT2D eigenvalue weighted by Crippen LogP contribution is -2.38. The van der Waals surface area contributed by atoms with E-state index >= 15 is 0 Å². The van der Waals surface area contributed by atoms with Crippen molar-refractivity contribution in [3.05, 3.63) is 23.8 Å². The van der Waals surface area contributed by atoms with Crippen molar-refractivity contribution in [2.24, 2.45) is 0 Å². The monoisotopic (exact) mass is 253 g/mol. The molecule has 2 N–H and O–H groups in total. The molecule has 0 saturated carbocycles. The third-order valence-corrected chi connectivity index (χ3v) is 2.84. The van der Waals surface area contributed by atoms with Crippen LogP contribution in [0.15, 0.2) is 18.2 Å². The van der Waals surface area contributed by atoms with Crippen molar-refractivity contribution < 1.29 is 14.6 Å². The van der Waals surface area contributed by atoms with Gasteiger partial charge in [0.05, 0.1) is 14.2 Å². The summed E-state index contributed by atoms with van der Waals surface area (Å²) in [6.07, 6.45) is 0. The summed E-state index contributed by atoms with van der Waals surface area (Å²) in [4.78, 5) is 0. The number of benzene rings is 1. The lowest BCUT2D eigenvalue weighted by molar-refractivity contribution is 0.0523. The summed E-state index contributed by atoms with van der Waals surface area (Å²) in [5.41, 5.74) is -0.235. The minimum absolute atomic E-state index is 0.320.